The molecule has 1 aromatic rings. The molecule has 106 valence electrons. The third-order valence-corrected chi connectivity index (χ3v) is 3.33. The first-order valence-electron chi connectivity index (χ1n) is 6.70. The predicted molar refractivity (Wildman–Crippen MR) is 77.0 cm³/mol. The van der Waals surface area contributed by atoms with Crippen molar-refractivity contribution < 1.29 is 9.53 Å². The van der Waals surface area contributed by atoms with Crippen LogP contribution in [0.15, 0.2) is 30.3 Å². The zero-order valence-electron chi connectivity index (χ0n) is 12.0. The summed E-state index contributed by atoms with van der Waals surface area (Å²) in [7, 11) is 1.80. The monoisotopic (exact) mass is 264 g/mol. The normalized spacial score (nSPS) is 13.7. The summed E-state index contributed by atoms with van der Waals surface area (Å²) in [6.45, 7) is 4.90. The Labute approximate surface area is 115 Å². The summed E-state index contributed by atoms with van der Waals surface area (Å²) in [6, 6.07) is 9.71. The minimum atomic E-state index is -0.0530. The molecule has 4 nitrogen and oxygen atoms in total. The first kappa shape index (κ1) is 15.5. The number of para-hydroxylation sites is 1. The van der Waals surface area contributed by atoms with Gasteiger partial charge in [0.15, 0.2) is 0 Å². The van der Waals surface area contributed by atoms with Gasteiger partial charge in [0.25, 0.3) is 0 Å². The van der Waals surface area contributed by atoms with Crippen molar-refractivity contribution in [3.05, 3.63) is 30.3 Å². The summed E-state index contributed by atoms with van der Waals surface area (Å²) in [5.41, 5.74) is 5.57. The lowest BCUT2D eigenvalue weighted by molar-refractivity contribution is -0.135. The van der Waals surface area contributed by atoms with E-state index < -0.39 is 0 Å². The van der Waals surface area contributed by atoms with Crippen molar-refractivity contribution in [3.8, 4) is 5.75 Å². The molecule has 0 saturated heterocycles. The van der Waals surface area contributed by atoms with E-state index in [4.69, 9.17) is 10.5 Å². The molecule has 0 aliphatic rings. The highest BCUT2D eigenvalue weighted by Gasteiger charge is 2.20. The molecule has 0 radical (unpaired) electrons. The second kappa shape index (κ2) is 7.79. The molecule has 0 saturated carbocycles. The maximum atomic E-state index is 12.1. The number of hydrogen-bond donors (Lipinski definition) is 1. The van der Waals surface area contributed by atoms with Crippen molar-refractivity contribution >= 4 is 5.91 Å². The maximum Gasteiger partial charge on any atom is 0.225 e. The second-order valence-electron chi connectivity index (χ2n) is 4.89. The zero-order chi connectivity index (χ0) is 14.3. The molecule has 0 spiro atoms. The number of amides is 1. The van der Waals surface area contributed by atoms with Gasteiger partial charge in [-0.05, 0) is 25.5 Å². The topological polar surface area (TPSA) is 55.6 Å². The molecule has 2 atom stereocenters. The molecule has 0 aromatic heterocycles. The van der Waals surface area contributed by atoms with Gasteiger partial charge in [0.2, 0.25) is 5.91 Å². The predicted octanol–water partition coefficient (Wildman–Crippen LogP) is 1.90. The number of carbonyl (C=O) groups is 1. The molecule has 0 fully saturated rings. The van der Waals surface area contributed by atoms with Crippen molar-refractivity contribution in [2.45, 2.75) is 26.3 Å². The molecule has 1 rings (SSSR count). The standard InChI is InChI=1S/C15H24N2O2/c1-12(15(18)17(3)13(2)11-16)9-10-19-14-7-5-4-6-8-14/h4-8,12-13H,9-11,16H2,1-3H3. The van der Waals surface area contributed by atoms with Crippen LogP contribution >= 0.6 is 0 Å². The molecule has 2 unspecified atom stereocenters. The largest absolute Gasteiger partial charge is 0.494 e. The Morgan fingerprint density at radius 2 is 1.95 bits per heavy atom. The number of carbonyl (C=O) groups excluding carboxylic acids is 1. The summed E-state index contributed by atoms with van der Waals surface area (Å²) >= 11 is 0. The van der Waals surface area contributed by atoms with Crippen LogP contribution < -0.4 is 10.5 Å². The van der Waals surface area contributed by atoms with E-state index in [1.165, 1.54) is 0 Å². The van der Waals surface area contributed by atoms with Crippen LogP contribution in [-0.2, 0) is 4.79 Å². The van der Waals surface area contributed by atoms with Crippen LogP contribution in [0.5, 0.6) is 5.75 Å². The van der Waals surface area contributed by atoms with Crippen LogP contribution in [0.2, 0.25) is 0 Å². The molecule has 4 heteroatoms. The van der Waals surface area contributed by atoms with Crippen molar-refractivity contribution in [1.82, 2.24) is 4.90 Å². The number of ether oxygens (including phenoxy) is 1. The molecule has 19 heavy (non-hydrogen) atoms. The van der Waals surface area contributed by atoms with Gasteiger partial charge in [0.05, 0.1) is 6.61 Å². The van der Waals surface area contributed by atoms with E-state index in [0.29, 0.717) is 19.6 Å². The van der Waals surface area contributed by atoms with Gasteiger partial charge in [-0.2, -0.15) is 0 Å². The SMILES string of the molecule is CC(CCOc1ccccc1)C(=O)N(C)C(C)CN. The zero-order valence-corrected chi connectivity index (χ0v) is 12.0. The number of nitrogens with two attached hydrogens (primary N) is 1. The van der Waals surface area contributed by atoms with Gasteiger partial charge in [0, 0.05) is 25.6 Å². The van der Waals surface area contributed by atoms with Crippen LogP contribution in [0.25, 0.3) is 0 Å². The quantitative estimate of drug-likeness (QED) is 0.818. The van der Waals surface area contributed by atoms with Crippen molar-refractivity contribution in [2.75, 3.05) is 20.2 Å². The van der Waals surface area contributed by atoms with E-state index in [1.54, 1.807) is 11.9 Å². The van der Waals surface area contributed by atoms with Gasteiger partial charge in [0.1, 0.15) is 5.75 Å². The van der Waals surface area contributed by atoms with E-state index in [1.807, 2.05) is 44.2 Å². The highest BCUT2D eigenvalue weighted by Crippen LogP contribution is 2.12. The number of benzene rings is 1. The Morgan fingerprint density at radius 1 is 1.32 bits per heavy atom. The highest BCUT2D eigenvalue weighted by atomic mass is 16.5. The molecular formula is C15H24N2O2. The lowest BCUT2D eigenvalue weighted by Gasteiger charge is -2.26. The molecular weight excluding hydrogens is 240 g/mol. The Morgan fingerprint density at radius 3 is 2.53 bits per heavy atom. The molecule has 0 bridgehead atoms. The van der Waals surface area contributed by atoms with E-state index in [0.717, 1.165) is 5.75 Å². The molecule has 2 N–H and O–H groups in total. The first-order valence-corrected chi connectivity index (χ1v) is 6.70. The smallest absolute Gasteiger partial charge is 0.225 e. The van der Waals surface area contributed by atoms with Crippen LogP contribution in [0, 0.1) is 5.92 Å². The van der Waals surface area contributed by atoms with E-state index in [9.17, 15) is 4.79 Å². The summed E-state index contributed by atoms with van der Waals surface area (Å²) in [5.74, 6) is 0.906. The minimum absolute atomic E-state index is 0.0530. The Bertz CT molecular complexity index is 381. The lowest BCUT2D eigenvalue weighted by atomic mass is 10.1. The van der Waals surface area contributed by atoms with Crippen LogP contribution in [-0.4, -0.2) is 37.0 Å². The molecule has 0 aliphatic carbocycles. The summed E-state index contributed by atoms with van der Waals surface area (Å²) in [6.07, 6.45) is 0.704. The van der Waals surface area contributed by atoms with Gasteiger partial charge in [-0.3, -0.25) is 4.79 Å². The number of hydrogen-bond acceptors (Lipinski definition) is 3. The fourth-order valence-corrected chi connectivity index (χ4v) is 1.72. The number of rotatable bonds is 7. The number of nitrogens with zero attached hydrogens (tertiary/aromatic N) is 1. The first-order chi connectivity index (χ1) is 9.06. The fraction of sp³-hybridized carbons (Fsp3) is 0.533. The van der Waals surface area contributed by atoms with E-state index in [2.05, 4.69) is 0 Å². The highest BCUT2D eigenvalue weighted by molar-refractivity contribution is 5.78. The van der Waals surface area contributed by atoms with Crippen molar-refractivity contribution in [1.29, 1.82) is 0 Å². The molecule has 1 amide bonds. The maximum absolute atomic E-state index is 12.1. The molecule has 1 aromatic carbocycles. The van der Waals surface area contributed by atoms with Gasteiger partial charge in [-0.1, -0.05) is 25.1 Å². The average molecular weight is 264 g/mol. The van der Waals surface area contributed by atoms with Crippen LogP contribution in [0.4, 0.5) is 0 Å². The van der Waals surface area contributed by atoms with E-state index >= 15 is 0 Å². The van der Waals surface area contributed by atoms with Crippen molar-refractivity contribution in [3.63, 3.8) is 0 Å². The van der Waals surface area contributed by atoms with Gasteiger partial charge >= 0.3 is 0 Å². The van der Waals surface area contributed by atoms with Gasteiger partial charge < -0.3 is 15.4 Å². The van der Waals surface area contributed by atoms with Gasteiger partial charge in [-0.15, -0.1) is 0 Å². The summed E-state index contributed by atoms with van der Waals surface area (Å²) in [4.78, 5) is 13.8. The summed E-state index contributed by atoms with van der Waals surface area (Å²) < 4.78 is 5.60. The summed E-state index contributed by atoms with van der Waals surface area (Å²) in [5, 5.41) is 0. The van der Waals surface area contributed by atoms with E-state index in [-0.39, 0.29) is 17.9 Å². The molecule has 0 aliphatic heterocycles. The third kappa shape index (κ3) is 4.91. The fourth-order valence-electron chi connectivity index (χ4n) is 1.72. The van der Waals surface area contributed by atoms with Crippen molar-refractivity contribution in [2.24, 2.45) is 11.7 Å². The minimum Gasteiger partial charge on any atom is -0.494 e. The Kier molecular flexibility index (Phi) is 6.36. The van der Waals surface area contributed by atoms with Crippen LogP contribution in [0.1, 0.15) is 20.3 Å². The Balaban J connectivity index is 2.35. The van der Waals surface area contributed by atoms with Crippen LogP contribution in [0.3, 0.4) is 0 Å². The third-order valence-electron chi connectivity index (χ3n) is 3.33. The van der Waals surface area contributed by atoms with Gasteiger partial charge in [-0.25, -0.2) is 0 Å². The lowest BCUT2D eigenvalue weighted by Crippen LogP contribution is -2.42. The number of likely N-dealkylation sites (N-methyl/N-ethyl adjacent to an activating group) is 1. The average Bonchev–Trinajstić information content (AvgIpc) is 2.45. The Hall–Kier alpha value is -1.55. The second-order valence-corrected chi connectivity index (χ2v) is 4.89. The molecule has 0 heterocycles.